The molecule has 336 valence electrons. The van der Waals surface area contributed by atoms with Crippen LogP contribution < -0.4 is 26.8 Å². The zero-order valence-electron chi connectivity index (χ0n) is 36.7. The number of aryl methyl sites for hydroxylation is 2. The van der Waals surface area contributed by atoms with Crippen LogP contribution in [0.1, 0.15) is 106 Å². The fourth-order valence-electron chi connectivity index (χ4n) is 11.4. The molecule has 1 unspecified atom stereocenters. The molecule has 2 saturated carbocycles. The average Bonchev–Trinajstić information content (AvgIpc) is 3.91. The molecule has 3 amide bonds. The molecule has 3 saturated heterocycles. The molecular formula is C48H57ClN10O5. The van der Waals surface area contributed by atoms with E-state index in [1.165, 1.54) is 18.4 Å². The molecule has 5 aliphatic rings. The van der Waals surface area contributed by atoms with Crippen LogP contribution in [-0.4, -0.2) is 96.5 Å². The van der Waals surface area contributed by atoms with E-state index in [2.05, 4.69) is 37.6 Å². The summed E-state index contributed by atoms with van der Waals surface area (Å²) >= 11 is 6.33. The number of aromatic nitrogens is 5. The van der Waals surface area contributed by atoms with Crippen molar-refractivity contribution in [1.29, 1.82) is 0 Å². The highest BCUT2D eigenvalue weighted by Crippen LogP contribution is 2.36. The summed E-state index contributed by atoms with van der Waals surface area (Å²) in [4.78, 5) is 80.7. The number of amides is 3. The van der Waals surface area contributed by atoms with Crippen molar-refractivity contribution in [3.05, 3.63) is 85.6 Å². The fourth-order valence-corrected chi connectivity index (χ4v) is 11.6. The molecule has 0 spiro atoms. The number of hydrogen-bond donors (Lipinski definition) is 2. The van der Waals surface area contributed by atoms with E-state index in [9.17, 15) is 24.0 Å². The minimum Gasteiger partial charge on any atom is -0.324 e. The average molecular weight is 890 g/mol. The maximum Gasteiger partial charge on any atom is 0.329 e. The molecule has 2 aromatic carbocycles. The Kier molecular flexibility index (Phi) is 11.7. The van der Waals surface area contributed by atoms with Gasteiger partial charge in [-0.05, 0) is 137 Å². The van der Waals surface area contributed by atoms with E-state index in [-0.39, 0.29) is 40.5 Å². The zero-order chi connectivity index (χ0) is 44.2. The van der Waals surface area contributed by atoms with E-state index in [0.717, 1.165) is 111 Å². The van der Waals surface area contributed by atoms with Crippen molar-refractivity contribution in [2.24, 2.45) is 13.0 Å². The number of nitrogens with one attached hydrogen (secondary N) is 2. The highest BCUT2D eigenvalue weighted by Gasteiger charge is 2.35. The van der Waals surface area contributed by atoms with E-state index in [1.54, 1.807) is 33.0 Å². The van der Waals surface area contributed by atoms with E-state index < -0.39 is 11.9 Å². The SMILES string of the molecule is Cc1cc(N2CCN([C@H]3CC[C@H](CN4CCC(c5ccc6c(c5)n(C)c(=O)n6C5CCC(=O)NC5=O)CC4)CC3)CC2=O)ccc1Nc1ncc2cc(Cl)c(=O)n(C3CCCC3)c2n1. The number of halogens is 1. The van der Waals surface area contributed by atoms with E-state index >= 15 is 0 Å². The topological polar surface area (TPSA) is 160 Å². The van der Waals surface area contributed by atoms with Crippen molar-refractivity contribution in [3.63, 3.8) is 0 Å². The lowest BCUT2D eigenvalue weighted by atomic mass is 9.83. The Hall–Kier alpha value is -5.38. The number of rotatable bonds is 9. The lowest BCUT2D eigenvalue weighted by molar-refractivity contribution is -0.135. The first kappa shape index (κ1) is 42.6. The lowest BCUT2D eigenvalue weighted by Gasteiger charge is -2.42. The number of fused-ring (bicyclic) bond motifs is 2. The van der Waals surface area contributed by atoms with Crippen molar-refractivity contribution < 1.29 is 14.4 Å². The molecule has 0 radical (unpaired) electrons. The maximum atomic E-state index is 13.7. The Morgan fingerprint density at radius 3 is 2.33 bits per heavy atom. The molecule has 5 aromatic rings. The molecule has 64 heavy (non-hydrogen) atoms. The third kappa shape index (κ3) is 8.15. The van der Waals surface area contributed by atoms with Gasteiger partial charge in [-0.15, -0.1) is 0 Å². The summed E-state index contributed by atoms with van der Waals surface area (Å²) in [7, 11) is 1.76. The second-order valence-corrected chi connectivity index (χ2v) is 19.3. The number of piperidine rings is 2. The first-order valence-corrected chi connectivity index (χ1v) is 23.6. The monoisotopic (exact) mass is 888 g/mol. The minimum atomic E-state index is -0.679. The normalized spacial score (nSPS) is 23.4. The predicted molar refractivity (Wildman–Crippen MR) is 247 cm³/mol. The third-order valence-corrected chi connectivity index (χ3v) is 15.3. The smallest absolute Gasteiger partial charge is 0.324 e. The molecule has 2 aliphatic carbocycles. The van der Waals surface area contributed by atoms with Crippen molar-refractivity contribution in [1.82, 2.24) is 38.8 Å². The van der Waals surface area contributed by atoms with Crippen LogP contribution in [0.15, 0.2) is 58.3 Å². The molecule has 1 atom stereocenters. The van der Waals surface area contributed by atoms with Gasteiger partial charge in [0.15, 0.2) is 0 Å². The summed E-state index contributed by atoms with van der Waals surface area (Å²) in [6.07, 6.45) is 13.0. The largest absolute Gasteiger partial charge is 0.329 e. The Balaban J connectivity index is 0.700. The van der Waals surface area contributed by atoms with Gasteiger partial charge in [0.1, 0.15) is 16.7 Å². The van der Waals surface area contributed by atoms with E-state index in [1.807, 2.05) is 36.1 Å². The van der Waals surface area contributed by atoms with Crippen LogP contribution in [0, 0.1) is 12.8 Å². The van der Waals surface area contributed by atoms with E-state index in [4.69, 9.17) is 16.6 Å². The van der Waals surface area contributed by atoms with Gasteiger partial charge < -0.3 is 15.1 Å². The standard InChI is InChI=1S/C48H57ClN10O5/c1-29-23-36(12-13-38(29)51-47-50-26-33-24-37(49)46(63)58(44(33)53-47)35-5-3-4-6-35)57-22-21-56(28-43(57)61)34-10-7-30(8-11-34)27-55-19-17-31(18-20-55)32-9-14-39-41(25-32)54(2)48(64)59(39)40-15-16-42(60)52-45(40)62/h9,12-14,23-26,30-31,34-35,40H,3-8,10-11,15-22,27-28H2,1-2H3,(H,50,51,53)(H,52,60,62)/t30-,34-,40?. The molecule has 16 heteroatoms. The second-order valence-electron chi connectivity index (χ2n) is 18.9. The number of carbonyl (C=O) groups is 3. The fraction of sp³-hybridized carbons (Fsp3) is 0.521. The van der Waals surface area contributed by atoms with Gasteiger partial charge in [0.2, 0.25) is 23.7 Å². The van der Waals surface area contributed by atoms with Gasteiger partial charge in [0.05, 0.1) is 17.6 Å². The molecule has 5 fully saturated rings. The number of imidazole rings is 1. The number of likely N-dealkylation sites (tertiary alicyclic amines) is 1. The van der Waals surface area contributed by atoms with Crippen molar-refractivity contribution in [2.75, 3.05) is 49.5 Å². The van der Waals surface area contributed by atoms with Gasteiger partial charge in [0.25, 0.3) is 5.56 Å². The summed E-state index contributed by atoms with van der Waals surface area (Å²) in [6.45, 7) is 7.16. The number of anilines is 3. The second kappa shape index (κ2) is 17.5. The Labute approximate surface area is 376 Å². The van der Waals surface area contributed by atoms with Gasteiger partial charge in [-0.2, -0.15) is 4.98 Å². The quantitative estimate of drug-likeness (QED) is 0.160. The van der Waals surface area contributed by atoms with Crippen LogP contribution in [0.2, 0.25) is 5.02 Å². The Morgan fingerprint density at radius 2 is 1.59 bits per heavy atom. The highest BCUT2D eigenvalue weighted by molar-refractivity contribution is 6.31. The summed E-state index contributed by atoms with van der Waals surface area (Å²) in [5.41, 5.74) is 5.63. The van der Waals surface area contributed by atoms with Crippen LogP contribution in [0.3, 0.4) is 0 Å². The molecule has 10 rings (SSSR count). The van der Waals surface area contributed by atoms with Gasteiger partial charge in [0, 0.05) is 68.1 Å². The van der Waals surface area contributed by atoms with Gasteiger partial charge in [-0.25, -0.2) is 9.78 Å². The van der Waals surface area contributed by atoms with Crippen LogP contribution in [0.5, 0.6) is 0 Å². The summed E-state index contributed by atoms with van der Waals surface area (Å²) in [5, 5.41) is 6.67. The van der Waals surface area contributed by atoms with Gasteiger partial charge in [-0.1, -0.05) is 30.5 Å². The maximum absolute atomic E-state index is 13.7. The third-order valence-electron chi connectivity index (χ3n) is 15.0. The molecule has 0 bridgehead atoms. The van der Waals surface area contributed by atoms with Crippen molar-refractivity contribution >= 4 is 68.7 Å². The number of hydrogen-bond acceptors (Lipinski definition) is 10. The molecule has 6 heterocycles. The van der Waals surface area contributed by atoms with Crippen LogP contribution >= 0.6 is 11.6 Å². The van der Waals surface area contributed by atoms with E-state index in [0.29, 0.717) is 49.0 Å². The number of nitrogens with zero attached hydrogens (tertiary/aromatic N) is 8. The summed E-state index contributed by atoms with van der Waals surface area (Å²) in [6, 6.07) is 13.7. The molecular weight excluding hydrogens is 832 g/mol. The van der Waals surface area contributed by atoms with Crippen LogP contribution in [0.4, 0.5) is 17.3 Å². The van der Waals surface area contributed by atoms with Gasteiger partial charge in [-0.3, -0.25) is 43.1 Å². The van der Waals surface area contributed by atoms with Crippen LogP contribution in [-0.2, 0) is 21.4 Å². The highest BCUT2D eigenvalue weighted by atomic mass is 35.5. The minimum absolute atomic E-state index is 0.0836. The first-order chi connectivity index (χ1) is 31.0. The Bertz CT molecular complexity index is 2760. The number of pyridine rings is 1. The number of carbonyl (C=O) groups excluding carboxylic acids is 3. The predicted octanol–water partition coefficient (Wildman–Crippen LogP) is 6.33. The molecule has 15 nitrogen and oxygen atoms in total. The lowest BCUT2D eigenvalue weighted by Crippen LogP contribution is -2.54. The summed E-state index contributed by atoms with van der Waals surface area (Å²) < 4.78 is 4.93. The molecule has 2 N–H and O–H groups in total. The zero-order valence-corrected chi connectivity index (χ0v) is 37.5. The van der Waals surface area contributed by atoms with Crippen LogP contribution in [0.25, 0.3) is 22.1 Å². The molecule has 3 aromatic heterocycles. The Morgan fingerprint density at radius 1 is 0.812 bits per heavy atom. The first-order valence-electron chi connectivity index (χ1n) is 23.3. The van der Waals surface area contributed by atoms with Crippen molar-refractivity contribution in [2.45, 2.75) is 108 Å². The molecule has 3 aliphatic heterocycles. The summed E-state index contributed by atoms with van der Waals surface area (Å²) in [5.74, 6) is 0.905. The number of piperazine rings is 1. The van der Waals surface area contributed by atoms with Crippen molar-refractivity contribution in [3.8, 4) is 0 Å². The number of imide groups is 1. The van der Waals surface area contributed by atoms with Gasteiger partial charge >= 0.3 is 5.69 Å². The number of benzene rings is 2.